The molecule has 0 aliphatic heterocycles. The molecular weight excluding hydrogens is 506 g/mol. The zero-order valence-corrected chi connectivity index (χ0v) is 22.3. The number of rotatable bonds is 14. The minimum absolute atomic E-state index is 0.186. The topological polar surface area (TPSA) is 104 Å². The van der Waals surface area contributed by atoms with Crippen molar-refractivity contribution in [1.82, 2.24) is 15.3 Å². The van der Waals surface area contributed by atoms with Crippen molar-refractivity contribution in [3.05, 3.63) is 121 Å². The monoisotopic (exact) mass is 539 g/mol. The van der Waals surface area contributed by atoms with Gasteiger partial charge in [0, 0.05) is 18.9 Å². The number of amides is 1. The van der Waals surface area contributed by atoms with Crippen molar-refractivity contribution in [1.29, 1.82) is 0 Å². The molecule has 40 heavy (non-hydrogen) atoms. The highest BCUT2D eigenvalue weighted by Gasteiger charge is 2.48. The van der Waals surface area contributed by atoms with E-state index in [1.807, 2.05) is 84.9 Å². The largest absolute Gasteiger partial charge is 0.494 e. The van der Waals surface area contributed by atoms with E-state index in [-0.39, 0.29) is 5.89 Å². The summed E-state index contributed by atoms with van der Waals surface area (Å²) in [4.78, 5) is 34.8. The van der Waals surface area contributed by atoms with Gasteiger partial charge in [0.2, 0.25) is 5.89 Å². The Hall–Kier alpha value is -4.72. The summed E-state index contributed by atoms with van der Waals surface area (Å²) in [5.74, 6) is 0.255. The Morgan fingerprint density at radius 2 is 1.73 bits per heavy atom. The maximum atomic E-state index is 13.7. The third kappa shape index (κ3) is 7.89. The molecule has 0 aliphatic rings. The SMILES string of the molecule is O=C(NCCCCOc1ccccc1)OC(=O)C(CCCC=Cc1cccnc1)(c1ccccc1)c1ncco1. The second-order valence-corrected chi connectivity index (χ2v) is 9.16. The number of alkyl carbamates (subject to hydrolysis) is 1. The second-order valence-electron chi connectivity index (χ2n) is 9.16. The van der Waals surface area contributed by atoms with Crippen LogP contribution in [-0.2, 0) is 14.9 Å². The molecule has 1 amide bonds. The predicted octanol–water partition coefficient (Wildman–Crippen LogP) is 6.35. The number of nitrogens with zero attached hydrogens (tertiary/aromatic N) is 2. The Morgan fingerprint density at radius 1 is 0.925 bits per heavy atom. The van der Waals surface area contributed by atoms with Gasteiger partial charge >= 0.3 is 12.1 Å². The molecule has 0 spiro atoms. The van der Waals surface area contributed by atoms with Crippen LogP contribution in [0, 0.1) is 0 Å². The fourth-order valence-corrected chi connectivity index (χ4v) is 4.35. The van der Waals surface area contributed by atoms with Gasteiger partial charge in [-0.25, -0.2) is 14.6 Å². The highest BCUT2D eigenvalue weighted by molar-refractivity contribution is 5.93. The second kappa shape index (κ2) is 15.0. The van der Waals surface area contributed by atoms with Gasteiger partial charge in [0.1, 0.15) is 12.0 Å². The lowest BCUT2D eigenvalue weighted by atomic mass is 9.76. The molecule has 1 atom stereocenters. The number of unbranched alkanes of at least 4 members (excludes halogenated alkanes) is 2. The number of para-hydroxylation sites is 1. The third-order valence-corrected chi connectivity index (χ3v) is 6.37. The molecular formula is C32H33N3O5. The number of allylic oxidation sites excluding steroid dienone is 1. The summed E-state index contributed by atoms with van der Waals surface area (Å²) in [6.45, 7) is 0.872. The fraction of sp³-hybridized carbons (Fsp3) is 0.250. The van der Waals surface area contributed by atoms with E-state index < -0.39 is 17.5 Å². The van der Waals surface area contributed by atoms with Gasteiger partial charge < -0.3 is 19.2 Å². The first kappa shape index (κ1) is 28.3. The lowest BCUT2D eigenvalue weighted by Crippen LogP contribution is -2.42. The van der Waals surface area contributed by atoms with Crippen molar-refractivity contribution in [2.24, 2.45) is 0 Å². The van der Waals surface area contributed by atoms with E-state index in [4.69, 9.17) is 13.9 Å². The number of ether oxygens (including phenoxy) is 2. The maximum Gasteiger partial charge on any atom is 0.414 e. The van der Waals surface area contributed by atoms with Crippen LogP contribution < -0.4 is 10.1 Å². The Bertz CT molecular complexity index is 1330. The quantitative estimate of drug-likeness (QED) is 0.113. The number of aromatic nitrogens is 2. The van der Waals surface area contributed by atoms with E-state index in [1.54, 1.807) is 12.4 Å². The normalized spacial score (nSPS) is 12.5. The molecule has 1 N–H and O–H groups in total. The first-order valence-corrected chi connectivity index (χ1v) is 13.4. The molecule has 8 nitrogen and oxygen atoms in total. The Balaban J connectivity index is 1.37. The van der Waals surface area contributed by atoms with E-state index in [1.165, 1.54) is 12.5 Å². The summed E-state index contributed by atoms with van der Waals surface area (Å²) >= 11 is 0. The Kier molecular flexibility index (Phi) is 10.6. The predicted molar refractivity (Wildman–Crippen MR) is 152 cm³/mol. The minimum atomic E-state index is -1.38. The summed E-state index contributed by atoms with van der Waals surface area (Å²) < 4.78 is 16.7. The molecule has 2 aromatic heterocycles. The van der Waals surface area contributed by atoms with Gasteiger partial charge in [-0.2, -0.15) is 0 Å². The van der Waals surface area contributed by atoms with E-state index >= 15 is 0 Å². The number of carbonyl (C=O) groups is 2. The van der Waals surface area contributed by atoms with Crippen LogP contribution in [-0.4, -0.2) is 35.2 Å². The molecule has 1 unspecified atom stereocenters. The zero-order valence-electron chi connectivity index (χ0n) is 22.3. The number of nitrogens with one attached hydrogen (secondary N) is 1. The van der Waals surface area contributed by atoms with Crippen molar-refractivity contribution in [2.45, 2.75) is 37.5 Å². The minimum Gasteiger partial charge on any atom is -0.494 e. The first-order valence-electron chi connectivity index (χ1n) is 13.4. The van der Waals surface area contributed by atoms with Crippen LogP contribution >= 0.6 is 0 Å². The highest BCUT2D eigenvalue weighted by Crippen LogP contribution is 2.38. The third-order valence-electron chi connectivity index (χ3n) is 6.37. The van der Waals surface area contributed by atoms with Crippen LogP contribution in [0.15, 0.2) is 108 Å². The van der Waals surface area contributed by atoms with Crippen LogP contribution in [0.1, 0.15) is 49.1 Å². The van der Waals surface area contributed by atoms with Gasteiger partial charge in [-0.1, -0.05) is 66.7 Å². The van der Waals surface area contributed by atoms with Gasteiger partial charge in [0.05, 0.1) is 12.8 Å². The number of pyridine rings is 1. The Labute approximate surface area is 234 Å². The summed E-state index contributed by atoms with van der Waals surface area (Å²) in [7, 11) is 0. The van der Waals surface area contributed by atoms with Crippen LogP contribution in [0.5, 0.6) is 5.75 Å². The van der Waals surface area contributed by atoms with Crippen molar-refractivity contribution < 1.29 is 23.5 Å². The van der Waals surface area contributed by atoms with E-state index in [0.29, 0.717) is 44.4 Å². The number of hydrogen-bond donors (Lipinski definition) is 1. The number of benzene rings is 2. The molecule has 4 rings (SSSR count). The molecule has 0 saturated heterocycles. The average Bonchev–Trinajstić information content (AvgIpc) is 3.54. The van der Waals surface area contributed by atoms with Crippen LogP contribution in [0.4, 0.5) is 4.79 Å². The molecule has 0 saturated carbocycles. The van der Waals surface area contributed by atoms with Gasteiger partial charge in [-0.05, 0) is 61.4 Å². The van der Waals surface area contributed by atoms with Gasteiger partial charge in [0.15, 0.2) is 5.41 Å². The first-order chi connectivity index (χ1) is 19.7. The molecule has 0 fully saturated rings. The number of hydrogen-bond acceptors (Lipinski definition) is 7. The Morgan fingerprint density at radius 3 is 2.45 bits per heavy atom. The van der Waals surface area contributed by atoms with Crippen molar-refractivity contribution in [3.8, 4) is 5.75 Å². The molecule has 8 heteroatoms. The van der Waals surface area contributed by atoms with Gasteiger partial charge in [-0.3, -0.25) is 4.98 Å². The molecule has 0 radical (unpaired) electrons. The average molecular weight is 540 g/mol. The summed E-state index contributed by atoms with van der Waals surface area (Å²) in [6, 6.07) is 22.6. The smallest absolute Gasteiger partial charge is 0.414 e. The van der Waals surface area contributed by atoms with E-state index in [0.717, 1.165) is 17.7 Å². The van der Waals surface area contributed by atoms with E-state index in [9.17, 15) is 9.59 Å². The molecule has 2 heterocycles. The number of carbonyl (C=O) groups excluding carboxylic acids is 2. The highest BCUT2D eigenvalue weighted by atomic mass is 16.6. The van der Waals surface area contributed by atoms with Crippen molar-refractivity contribution >= 4 is 18.1 Å². The fourth-order valence-electron chi connectivity index (χ4n) is 4.35. The number of esters is 1. The van der Waals surface area contributed by atoms with Gasteiger partial charge in [-0.15, -0.1) is 0 Å². The summed E-state index contributed by atoms with van der Waals surface area (Å²) in [6.07, 6.45) is 12.7. The molecule has 2 aromatic carbocycles. The van der Waals surface area contributed by atoms with Crippen molar-refractivity contribution in [3.63, 3.8) is 0 Å². The lowest BCUT2D eigenvalue weighted by molar-refractivity contribution is -0.143. The summed E-state index contributed by atoms with van der Waals surface area (Å²) in [5.41, 5.74) is 0.255. The number of oxazole rings is 1. The van der Waals surface area contributed by atoms with E-state index in [2.05, 4.69) is 15.3 Å². The van der Waals surface area contributed by atoms with Crippen LogP contribution in [0.3, 0.4) is 0 Å². The lowest BCUT2D eigenvalue weighted by Gasteiger charge is -2.28. The van der Waals surface area contributed by atoms with Gasteiger partial charge in [0.25, 0.3) is 0 Å². The van der Waals surface area contributed by atoms with Crippen LogP contribution in [0.25, 0.3) is 6.08 Å². The molecule has 0 bridgehead atoms. The molecule has 206 valence electrons. The standard InChI is InChI=1S/C32H33N3O5/c36-30(40-31(37)35-21-10-11-23-38-28-17-7-2-8-18-28)32(29-34-22-24-39-29,27-15-5-1-6-16-27)19-9-3-4-13-26-14-12-20-33-25-26/h1-2,4-8,12-18,20,22,24-25H,3,9-11,19,21,23H2,(H,35,37). The van der Waals surface area contributed by atoms with Crippen molar-refractivity contribution in [2.75, 3.05) is 13.2 Å². The maximum absolute atomic E-state index is 13.7. The summed E-state index contributed by atoms with van der Waals surface area (Å²) in [5, 5.41) is 2.67. The molecule has 4 aromatic rings. The van der Waals surface area contributed by atoms with Crippen LogP contribution in [0.2, 0.25) is 0 Å². The zero-order chi connectivity index (χ0) is 27.9. The molecule has 0 aliphatic carbocycles.